The van der Waals surface area contributed by atoms with E-state index in [4.69, 9.17) is 0 Å². The van der Waals surface area contributed by atoms with Crippen LogP contribution in [0.4, 0.5) is 10.1 Å². The van der Waals surface area contributed by atoms with Gasteiger partial charge in [0.25, 0.3) is 0 Å². The van der Waals surface area contributed by atoms with Crippen molar-refractivity contribution in [1.82, 2.24) is 0 Å². The molecule has 0 aliphatic rings. The van der Waals surface area contributed by atoms with Crippen LogP contribution in [0.1, 0.15) is 5.56 Å². The van der Waals surface area contributed by atoms with Gasteiger partial charge < -0.3 is 10.4 Å². The zero-order chi connectivity index (χ0) is 14.8. The van der Waals surface area contributed by atoms with E-state index < -0.39 is 5.82 Å². The fourth-order valence-electron chi connectivity index (χ4n) is 2.19. The molecule has 0 aliphatic heterocycles. The standard InChI is InChI=1S/C17H13BrFNO/c18-14-4-2-13-9-15(5-3-12(13)8-14)20-10-11-1-6-17(21)16(19)7-11/h1-9,20-21H,10H2. The fraction of sp³-hybridized carbons (Fsp3) is 0.0588. The quantitative estimate of drug-likeness (QED) is 0.695. The largest absolute Gasteiger partial charge is 0.505 e. The van der Waals surface area contributed by atoms with Gasteiger partial charge in [0.15, 0.2) is 11.6 Å². The van der Waals surface area contributed by atoms with Crippen LogP contribution in [0.25, 0.3) is 10.8 Å². The number of hydrogen-bond acceptors (Lipinski definition) is 2. The van der Waals surface area contributed by atoms with E-state index in [1.807, 2.05) is 24.3 Å². The van der Waals surface area contributed by atoms with Gasteiger partial charge >= 0.3 is 0 Å². The lowest BCUT2D eigenvalue weighted by Gasteiger charge is -2.08. The first-order valence-electron chi connectivity index (χ1n) is 6.52. The summed E-state index contributed by atoms with van der Waals surface area (Å²) < 4.78 is 14.3. The van der Waals surface area contributed by atoms with E-state index >= 15 is 0 Å². The Morgan fingerprint density at radius 1 is 0.952 bits per heavy atom. The monoisotopic (exact) mass is 345 g/mol. The molecule has 0 aliphatic carbocycles. The summed E-state index contributed by atoms with van der Waals surface area (Å²) in [5.74, 6) is -0.923. The summed E-state index contributed by atoms with van der Waals surface area (Å²) in [7, 11) is 0. The maximum Gasteiger partial charge on any atom is 0.165 e. The first kappa shape index (κ1) is 13.9. The van der Waals surface area contributed by atoms with Crippen molar-refractivity contribution in [3.05, 3.63) is 70.5 Å². The Morgan fingerprint density at radius 3 is 2.52 bits per heavy atom. The molecule has 2 N–H and O–H groups in total. The lowest BCUT2D eigenvalue weighted by Crippen LogP contribution is -1.99. The summed E-state index contributed by atoms with van der Waals surface area (Å²) >= 11 is 3.45. The molecule has 0 atom stereocenters. The minimum Gasteiger partial charge on any atom is -0.505 e. The van der Waals surface area contributed by atoms with Gasteiger partial charge in [-0.25, -0.2) is 4.39 Å². The normalized spacial score (nSPS) is 10.8. The highest BCUT2D eigenvalue weighted by atomic mass is 79.9. The minimum absolute atomic E-state index is 0.324. The van der Waals surface area contributed by atoms with Crippen molar-refractivity contribution in [1.29, 1.82) is 0 Å². The van der Waals surface area contributed by atoms with E-state index in [0.29, 0.717) is 6.54 Å². The smallest absolute Gasteiger partial charge is 0.165 e. The number of benzene rings is 3. The summed E-state index contributed by atoms with van der Waals surface area (Å²) in [5, 5.41) is 14.7. The average molecular weight is 346 g/mol. The molecular formula is C17H13BrFNO. The molecule has 0 amide bonds. The van der Waals surface area contributed by atoms with Crippen LogP contribution in [0.15, 0.2) is 59.1 Å². The number of rotatable bonds is 3. The third kappa shape index (κ3) is 3.16. The lowest BCUT2D eigenvalue weighted by molar-refractivity contribution is 0.432. The predicted molar refractivity (Wildman–Crippen MR) is 87.0 cm³/mol. The Balaban J connectivity index is 1.78. The zero-order valence-electron chi connectivity index (χ0n) is 11.1. The van der Waals surface area contributed by atoms with E-state index in [1.54, 1.807) is 6.07 Å². The van der Waals surface area contributed by atoms with Crippen LogP contribution in [-0.4, -0.2) is 5.11 Å². The van der Waals surface area contributed by atoms with E-state index in [1.165, 1.54) is 12.1 Å². The van der Waals surface area contributed by atoms with Gasteiger partial charge in [0.05, 0.1) is 0 Å². The van der Waals surface area contributed by atoms with Crippen LogP contribution in [0.3, 0.4) is 0 Å². The minimum atomic E-state index is -0.599. The van der Waals surface area contributed by atoms with Crippen LogP contribution < -0.4 is 5.32 Å². The van der Waals surface area contributed by atoms with Gasteiger partial charge in [0.1, 0.15) is 0 Å². The van der Waals surface area contributed by atoms with Gasteiger partial charge in [-0.2, -0.15) is 0 Å². The molecule has 2 nitrogen and oxygen atoms in total. The molecular weight excluding hydrogens is 333 g/mol. The number of phenols is 1. The molecule has 0 heterocycles. The van der Waals surface area contributed by atoms with Crippen LogP contribution in [-0.2, 0) is 6.54 Å². The Kier molecular flexibility index (Phi) is 3.80. The molecule has 0 radical (unpaired) electrons. The number of aromatic hydroxyl groups is 1. The molecule has 3 rings (SSSR count). The molecule has 0 bridgehead atoms. The Hall–Kier alpha value is -2.07. The Bertz CT molecular complexity index is 804. The summed E-state index contributed by atoms with van der Waals surface area (Å²) in [4.78, 5) is 0. The first-order chi connectivity index (χ1) is 10.1. The molecule has 0 unspecified atom stereocenters. The highest BCUT2D eigenvalue weighted by Gasteiger charge is 2.02. The maximum atomic E-state index is 13.3. The summed E-state index contributed by atoms with van der Waals surface area (Å²) in [6.07, 6.45) is 0. The summed E-state index contributed by atoms with van der Waals surface area (Å²) in [5.41, 5.74) is 1.75. The van der Waals surface area contributed by atoms with Gasteiger partial charge in [0.2, 0.25) is 0 Å². The molecule has 0 fully saturated rings. The molecule has 21 heavy (non-hydrogen) atoms. The lowest BCUT2D eigenvalue weighted by atomic mass is 10.1. The van der Waals surface area contributed by atoms with Gasteiger partial charge in [-0.3, -0.25) is 0 Å². The molecule has 4 heteroatoms. The molecule has 0 saturated carbocycles. The van der Waals surface area contributed by atoms with Crippen molar-refractivity contribution < 1.29 is 9.50 Å². The second-order valence-corrected chi connectivity index (χ2v) is 5.76. The van der Waals surface area contributed by atoms with Crippen molar-refractivity contribution in [2.24, 2.45) is 0 Å². The summed E-state index contributed by atoms with van der Waals surface area (Å²) in [6, 6.07) is 16.6. The van der Waals surface area contributed by atoms with Gasteiger partial charge in [-0.1, -0.05) is 34.1 Å². The third-order valence-electron chi connectivity index (χ3n) is 3.31. The van der Waals surface area contributed by atoms with E-state index in [2.05, 4.69) is 33.4 Å². The predicted octanol–water partition coefficient (Wildman–Crippen LogP) is 5.06. The van der Waals surface area contributed by atoms with Crippen molar-refractivity contribution in [2.75, 3.05) is 5.32 Å². The van der Waals surface area contributed by atoms with Gasteiger partial charge in [0, 0.05) is 16.7 Å². The number of nitrogens with one attached hydrogen (secondary N) is 1. The van der Waals surface area contributed by atoms with E-state index in [0.717, 1.165) is 26.5 Å². The maximum absolute atomic E-state index is 13.3. The van der Waals surface area contributed by atoms with E-state index in [9.17, 15) is 9.50 Å². The van der Waals surface area contributed by atoms with Crippen LogP contribution in [0, 0.1) is 5.82 Å². The number of phenolic OH excluding ortho intramolecular Hbond substituents is 1. The number of halogens is 2. The molecule has 0 saturated heterocycles. The third-order valence-corrected chi connectivity index (χ3v) is 3.80. The Morgan fingerprint density at radius 2 is 1.71 bits per heavy atom. The SMILES string of the molecule is Oc1ccc(CNc2ccc3cc(Br)ccc3c2)cc1F. The highest BCUT2D eigenvalue weighted by molar-refractivity contribution is 9.10. The first-order valence-corrected chi connectivity index (χ1v) is 7.32. The second-order valence-electron chi connectivity index (χ2n) is 4.85. The molecule has 3 aromatic rings. The van der Waals surface area contributed by atoms with Crippen molar-refractivity contribution >= 4 is 32.4 Å². The second kappa shape index (κ2) is 5.74. The molecule has 3 aromatic carbocycles. The van der Waals surface area contributed by atoms with E-state index in [-0.39, 0.29) is 5.75 Å². The van der Waals surface area contributed by atoms with Crippen LogP contribution >= 0.6 is 15.9 Å². The summed E-state index contributed by atoms with van der Waals surface area (Å²) in [6.45, 7) is 0.499. The Labute approximate surface area is 130 Å². The number of fused-ring (bicyclic) bond motifs is 1. The fourth-order valence-corrected chi connectivity index (χ4v) is 2.57. The zero-order valence-corrected chi connectivity index (χ0v) is 12.7. The van der Waals surface area contributed by atoms with Crippen molar-refractivity contribution in [3.63, 3.8) is 0 Å². The number of anilines is 1. The van der Waals surface area contributed by atoms with Crippen molar-refractivity contribution in [2.45, 2.75) is 6.54 Å². The van der Waals surface area contributed by atoms with Crippen LogP contribution in [0.5, 0.6) is 5.75 Å². The van der Waals surface area contributed by atoms with Crippen molar-refractivity contribution in [3.8, 4) is 5.75 Å². The topological polar surface area (TPSA) is 32.3 Å². The number of hydrogen-bond donors (Lipinski definition) is 2. The molecule has 0 spiro atoms. The highest BCUT2D eigenvalue weighted by Crippen LogP contribution is 2.23. The van der Waals surface area contributed by atoms with Gasteiger partial charge in [-0.05, 0) is 52.7 Å². The molecule has 106 valence electrons. The van der Waals surface area contributed by atoms with Gasteiger partial charge in [-0.15, -0.1) is 0 Å². The average Bonchev–Trinajstić information content (AvgIpc) is 2.48. The molecule has 0 aromatic heterocycles. The van der Waals surface area contributed by atoms with Crippen LogP contribution in [0.2, 0.25) is 0 Å².